The van der Waals surface area contributed by atoms with Crippen molar-refractivity contribution in [3.63, 3.8) is 0 Å². The third-order valence-corrected chi connectivity index (χ3v) is 6.71. The molecular formula is C23H27N3O3S. The van der Waals surface area contributed by atoms with Gasteiger partial charge in [-0.25, -0.2) is 9.78 Å². The number of amides is 1. The molecule has 1 amide bonds. The molecule has 1 aliphatic carbocycles. The van der Waals surface area contributed by atoms with Gasteiger partial charge in [0, 0.05) is 5.56 Å². The Hall–Kier alpha value is -2.72. The van der Waals surface area contributed by atoms with Gasteiger partial charge < -0.3 is 10.1 Å². The molecule has 1 saturated carbocycles. The predicted octanol–water partition coefficient (Wildman–Crippen LogP) is 4.57. The maximum Gasteiger partial charge on any atom is 0.351 e. The number of nitriles is 1. The van der Waals surface area contributed by atoms with Crippen molar-refractivity contribution in [3.05, 3.63) is 40.4 Å². The van der Waals surface area contributed by atoms with Crippen LogP contribution >= 0.6 is 11.3 Å². The average molecular weight is 426 g/mol. The van der Waals surface area contributed by atoms with Crippen molar-refractivity contribution in [3.8, 4) is 16.6 Å². The normalized spacial score (nSPS) is 16.3. The van der Waals surface area contributed by atoms with Gasteiger partial charge in [-0.15, -0.1) is 11.3 Å². The monoisotopic (exact) mass is 425 g/mol. The van der Waals surface area contributed by atoms with Gasteiger partial charge in [0.05, 0.1) is 11.8 Å². The van der Waals surface area contributed by atoms with Crippen molar-refractivity contribution in [1.29, 1.82) is 5.26 Å². The topological polar surface area (TPSA) is 92.1 Å². The Morgan fingerprint density at radius 1 is 1.27 bits per heavy atom. The number of nitrogens with zero attached hydrogens (tertiary/aromatic N) is 2. The number of carbonyl (C=O) groups is 2. The summed E-state index contributed by atoms with van der Waals surface area (Å²) in [5, 5.41) is 13.1. The fraction of sp³-hybridized carbons (Fsp3) is 0.478. The molecule has 1 aromatic carbocycles. The smallest absolute Gasteiger partial charge is 0.351 e. The number of rotatable bonds is 6. The van der Waals surface area contributed by atoms with Crippen molar-refractivity contribution in [1.82, 2.24) is 10.3 Å². The number of aromatic nitrogens is 1. The molecule has 6 nitrogen and oxygen atoms in total. The van der Waals surface area contributed by atoms with E-state index in [4.69, 9.17) is 4.74 Å². The van der Waals surface area contributed by atoms with E-state index in [1.807, 2.05) is 24.3 Å². The number of hydrogen-bond acceptors (Lipinski definition) is 6. The van der Waals surface area contributed by atoms with E-state index in [9.17, 15) is 14.9 Å². The molecule has 1 fully saturated rings. The predicted molar refractivity (Wildman–Crippen MR) is 116 cm³/mol. The van der Waals surface area contributed by atoms with Gasteiger partial charge in [-0.1, -0.05) is 50.5 Å². The fourth-order valence-corrected chi connectivity index (χ4v) is 4.57. The van der Waals surface area contributed by atoms with Crippen LogP contribution in [0.4, 0.5) is 0 Å². The van der Waals surface area contributed by atoms with Crippen LogP contribution in [-0.2, 0) is 16.0 Å². The van der Waals surface area contributed by atoms with Crippen molar-refractivity contribution in [2.24, 2.45) is 0 Å². The number of aryl methyl sites for hydroxylation is 2. The van der Waals surface area contributed by atoms with Crippen LogP contribution in [0.3, 0.4) is 0 Å². The first-order chi connectivity index (χ1) is 14.4. The summed E-state index contributed by atoms with van der Waals surface area (Å²) in [6.07, 6.45) is 4.11. The van der Waals surface area contributed by atoms with Crippen LogP contribution < -0.4 is 5.32 Å². The minimum absolute atomic E-state index is 0.386. The van der Waals surface area contributed by atoms with Gasteiger partial charge in [0.15, 0.2) is 6.10 Å². The fourth-order valence-electron chi connectivity index (χ4n) is 3.62. The van der Waals surface area contributed by atoms with Crippen LogP contribution in [0, 0.1) is 18.3 Å². The maximum absolute atomic E-state index is 12.7. The second-order valence-electron chi connectivity index (χ2n) is 7.78. The van der Waals surface area contributed by atoms with Gasteiger partial charge in [0.2, 0.25) is 0 Å². The zero-order valence-electron chi connectivity index (χ0n) is 17.7. The molecule has 0 radical (unpaired) electrons. The third kappa shape index (κ3) is 4.88. The molecule has 158 valence electrons. The molecule has 1 heterocycles. The SMILES string of the molecule is CCc1ccc(-c2nc(C)c(C(=O)O[C@@H](C)C(=O)NC3(C#N)CCCCC3)s2)cc1. The van der Waals surface area contributed by atoms with Gasteiger partial charge >= 0.3 is 5.97 Å². The Bertz CT molecular complexity index is 953. The van der Waals surface area contributed by atoms with Crippen LogP contribution in [-0.4, -0.2) is 28.5 Å². The van der Waals surface area contributed by atoms with Gasteiger partial charge in [-0.2, -0.15) is 5.26 Å². The first-order valence-corrected chi connectivity index (χ1v) is 11.2. The highest BCUT2D eigenvalue weighted by atomic mass is 32.1. The number of carbonyl (C=O) groups excluding carboxylic acids is 2. The molecule has 1 aliphatic rings. The lowest BCUT2D eigenvalue weighted by Gasteiger charge is -2.32. The molecular weight excluding hydrogens is 398 g/mol. The Balaban J connectivity index is 1.67. The highest BCUT2D eigenvalue weighted by molar-refractivity contribution is 7.17. The quantitative estimate of drug-likeness (QED) is 0.685. The first-order valence-electron chi connectivity index (χ1n) is 10.4. The second-order valence-corrected chi connectivity index (χ2v) is 8.77. The van der Waals surface area contributed by atoms with E-state index in [1.165, 1.54) is 23.8 Å². The molecule has 0 spiro atoms. The lowest BCUT2D eigenvalue weighted by atomic mass is 9.83. The number of hydrogen-bond donors (Lipinski definition) is 1. The largest absolute Gasteiger partial charge is 0.448 e. The molecule has 3 rings (SSSR count). The van der Waals surface area contributed by atoms with Crippen LogP contribution in [0.5, 0.6) is 0 Å². The summed E-state index contributed by atoms with van der Waals surface area (Å²) in [6, 6.07) is 10.3. The van der Waals surface area contributed by atoms with Crippen LogP contribution in [0.1, 0.15) is 66.9 Å². The summed E-state index contributed by atoms with van der Waals surface area (Å²) < 4.78 is 5.41. The molecule has 0 aliphatic heterocycles. The summed E-state index contributed by atoms with van der Waals surface area (Å²) in [6.45, 7) is 5.39. The highest BCUT2D eigenvalue weighted by Crippen LogP contribution is 2.30. The number of thiazole rings is 1. The molecule has 0 unspecified atom stereocenters. The van der Waals surface area contributed by atoms with E-state index in [0.29, 0.717) is 23.4 Å². The maximum atomic E-state index is 12.7. The van der Waals surface area contributed by atoms with E-state index < -0.39 is 23.5 Å². The second kappa shape index (κ2) is 9.40. The molecule has 7 heteroatoms. The van der Waals surface area contributed by atoms with E-state index >= 15 is 0 Å². The lowest BCUT2D eigenvalue weighted by molar-refractivity contribution is -0.130. The van der Waals surface area contributed by atoms with Crippen molar-refractivity contribution >= 4 is 23.2 Å². The average Bonchev–Trinajstić information content (AvgIpc) is 3.16. The first kappa shape index (κ1) is 22.0. The minimum Gasteiger partial charge on any atom is -0.448 e. The summed E-state index contributed by atoms with van der Waals surface area (Å²) >= 11 is 1.26. The van der Waals surface area contributed by atoms with E-state index in [1.54, 1.807) is 6.92 Å². The Morgan fingerprint density at radius 3 is 2.53 bits per heavy atom. The zero-order valence-corrected chi connectivity index (χ0v) is 18.5. The third-order valence-electron chi connectivity index (χ3n) is 5.53. The summed E-state index contributed by atoms with van der Waals surface area (Å²) in [4.78, 5) is 30.1. The van der Waals surface area contributed by atoms with Crippen molar-refractivity contribution in [2.45, 2.75) is 70.9 Å². The summed E-state index contributed by atoms with van der Waals surface area (Å²) in [5.74, 6) is -1.01. The van der Waals surface area contributed by atoms with E-state index in [2.05, 4.69) is 23.3 Å². The van der Waals surface area contributed by atoms with Crippen molar-refractivity contribution in [2.75, 3.05) is 0 Å². The number of benzene rings is 1. The van der Waals surface area contributed by atoms with Crippen molar-refractivity contribution < 1.29 is 14.3 Å². The summed E-state index contributed by atoms with van der Waals surface area (Å²) in [5.41, 5.74) is 1.90. The lowest BCUT2D eigenvalue weighted by Crippen LogP contribution is -2.52. The number of esters is 1. The Morgan fingerprint density at radius 2 is 1.93 bits per heavy atom. The Labute approximate surface area is 181 Å². The molecule has 30 heavy (non-hydrogen) atoms. The number of ether oxygens (including phenoxy) is 1. The minimum atomic E-state index is -0.988. The van der Waals surface area contributed by atoms with Gasteiger partial charge in [0.25, 0.3) is 5.91 Å². The van der Waals surface area contributed by atoms with Crippen LogP contribution in [0.2, 0.25) is 0 Å². The van der Waals surface area contributed by atoms with Crippen LogP contribution in [0.15, 0.2) is 24.3 Å². The Kier molecular flexibility index (Phi) is 6.88. The highest BCUT2D eigenvalue weighted by Gasteiger charge is 2.35. The standard InChI is InChI=1S/C23H27N3O3S/c1-4-17-8-10-18(11-9-17)21-25-15(2)19(30-21)22(28)29-16(3)20(27)26-23(14-24)12-6-5-7-13-23/h8-11,16H,4-7,12-13H2,1-3H3,(H,26,27)/t16-/m0/s1. The van der Waals surface area contributed by atoms with Gasteiger partial charge in [-0.3, -0.25) is 4.79 Å². The van der Waals surface area contributed by atoms with Crippen LogP contribution in [0.25, 0.3) is 10.6 Å². The molecule has 1 N–H and O–H groups in total. The zero-order chi connectivity index (χ0) is 21.7. The molecule has 2 aromatic rings. The van der Waals surface area contributed by atoms with Gasteiger partial charge in [-0.05, 0) is 38.7 Å². The number of nitrogens with one attached hydrogen (secondary N) is 1. The molecule has 0 bridgehead atoms. The summed E-state index contributed by atoms with van der Waals surface area (Å²) in [7, 11) is 0. The molecule has 0 saturated heterocycles. The van der Waals surface area contributed by atoms with Gasteiger partial charge in [0.1, 0.15) is 15.4 Å². The molecule has 1 atom stereocenters. The van der Waals surface area contributed by atoms with E-state index in [0.717, 1.165) is 36.3 Å². The molecule has 1 aromatic heterocycles. The van der Waals surface area contributed by atoms with E-state index in [-0.39, 0.29) is 0 Å².